The van der Waals surface area contributed by atoms with Crippen LogP contribution >= 0.6 is 0 Å². The van der Waals surface area contributed by atoms with Gasteiger partial charge >= 0.3 is 0 Å². The number of nitrogens with zero attached hydrogens (tertiary/aromatic N) is 2. The van der Waals surface area contributed by atoms with Crippen LogP contribution in [0.15, 0.2) is 78.0 Å². The third-order valence-electron chi connectivity index (χ3n) is 5.44. The number of halogens is 3. The first-order valence-corrected chi connectivity index (χ1v) is 11.0. The van der Waals surface area contributed by atoms with Crippen LogP contribution in [0.2, 0.25) is 0 Å². The van der Waals surface area contributed by atoms with Gasteiger partial charge in [0.2, 0.25) is 0 Å². The molecule has 2 atom stereocenters. The van der Waals surface area contributed by atoms with Gasteiger partial charge in [0.1, 0.15) is 42.0 Å². The number of ether oxygens (including phenoxy) is 1. The minimum atomic E-state index is -0.859. The van der Waals surface area contributed by atoms with E-state index in [0.29, 0.717) is 30.0 Å². The van der Waals surface area contributed by atoms with Crippen LogP contribution < -0.4 is 4.74 Å². The number of para-hydroxylation sites is 1. The van der Waals surface area contributed by atoms with Gasteiger partial charge in [0.15, 0.2) is 0 Å². The number of hydrogen-bond donors (Lipinski definition) is 1. The lowest BCUT2D eigenvalue weighted by molar-refractivity contribution is 0.0209. The van der Waals surface area contributed by atoms with Crippen molar-refractivity contribution in [3.05, 3.63) is 101 Å². The highest BCUT2D eigenvalue weighted by molar-refractivity contribution is 6.01. The van der Waals surface area contributed by atoms with E-state index in [9.17, 15) is 18.3 Å². The first kappa shape index (κ1) is 23.8. The number of aliphatic hydroxyl groups is 1. The van der Waals surface area contributed by atoms with Gasteiger partial charge in [-0.15, -0.1) is 0 Å². The highest BCUT2D eigenvalue weighted by atomic mass is 19.1. The Morgan fingerprint density at radius 2 is 1.74 bits per heavy atom. The molecule has 0 aromatic heterocycles. The van der Waals surface area contributed by atoms with E-state index < -0.39 is 17.7 Å². The second-order valence-electron chi connectivity index (χ2n) is 8.18. The maximum absolute atomic E-state index is 14.3. The highest BCUT2D eigenvalue weighted by Gasteiger charge is 2.26. The largest absolute Gasteiger partial charge is 0.491 e. The summed E-state index contributed by atoms with van der Waals surface area (Å²) >= 11 is 0. The van der Waals surface area contributed by atoms with Gasteiger partial charge in [-0.25, -0.2) is 13.2 Å². The quantitative estimate of drug-likeness (QED) is 0.473. The molecule has 0 aliphatic carbocycles. The van der Waals surface area contributed by atoms with E-state index >= 15 is 0 Å². The Balaban J connectivity index is 1.40. The zero-order chi connectivity index (χ0) is 23.9. The van der Waals surface area contributed by atoms with Crippen molar-refractivity contribution >= 4 is 5.71 Å². The van der Waals surface area contributed by atoms with Crippen LogP contribution in [0, 0.1) is 17.5 Å². The summed E-state index contributed by atoms with van der Waals surface area (Å²) in [5.41, 5.74) is 1.75. The molecule has 0 saturated carbocycles. The Morgan fingerprint density at radius 3 is 2.47 bits per heavy atom. The second kappa shape index (κ2) is 11.2. The summed E-state index contributed by atoms with van der Waals surface area (Å²) in [6.07, 6.45) is -0.724. The van der Waals surface area contributed by atoms with Crippen LogP contribution in [0.5, 0.6) is 5.75 Å². The molecule has 0 bridgehead atoms. The Morgan fingerprint density at radius 1 is 1.00 bits per heavy atom. The van der Waals surface area contributed by atoms with Crippen LogP contribution in [0.3, 0.4) is 0 Å². The molecule has 1 aliphatic rings. The van der Waals surface area contributed by atoms with Gasteiger partial charge in [-0.2, -0.15) is 0 Å². The molecule has 178 valence electrons. The highest BCUT2D eigenvalue weighted by Crippen LogP contribution is 2.20. The van der Waals surface area contributed by atoms with E-state index in [1.807, 2.05) is 23.1 Å². The molecule has 1 N–H and O–H groups in total. The molecule has 1 aliphatic heterocycles. The molecule has 1 heterocycles. The summed E-state index contributed by atoms with van der Waals surface area (Å²) in [7, 11) is 0. The molecule has 3 aromatic carbocycles. The molecule has 0 spiro atoms. The average molecular weight is 470 g/mol. The topological polar surface area (TPSA) is 54.3 Å². The molecule has 0 fully saturated rings. The van der Waals surface area contributed by atoms with Crippen LogP contribution in [-0.2, 0) is 11.4 Å². The fraction of sp³-hybridized carbons (Fsp3) is 0.269. The molecule has 8 heteroatoms. The van der Waals surface area contributed by atoms with E-state index in [1.165, 1.54) is 24.3 Å². The average Bonchev–Trinajstić information content (AvgIpc) is 3.29. The monoisotopic (exact) mass is 470 g/mol. The fourth-order valence-corrected chi connectivity index (χ4v) is 3.78. The van der Waals surface area contributed by atoms with E-state index in [2.05, 4.69) is 5.16 Å². The van der Waals surface area contributed by atoms with Crippen molar-refractivity contribution in [2.24, 2.45) is 5.16 Å². The van der Waals surface area contributed by atoms with Gasteiger partial charge < -0.3 is 14.7 Å². The number of benzene rings is 3. The van der Waals surface area contributed by atoms with Gasteiger partial charge in [0, 0.05) is 37.7 Å². The predicted octanol–water partition coefficient (Wildman–Crippen LogP) is 4.54. The molecule has 34 heavy (non-hydrogen) atoms. The second-order valence-corrected chi connectivity index (χ2v) is 8.18. The van der Waals surface area contributed by atoms with Gasteiger partial charge in [-0.3, -0.25) is 4.90 Å². The van der Waals surface area contributed by atoms with E-state index in [-0.39, 0.29) is 31.6 Å². The third-order valence-corrected chi connectivity index (χ3v) is 5.44. The van der Waals surface area contributed by atoms with Crippen LogP contribution in [0.25, 0.3) is 0 Å². The lowest BCUT2D eigenvalue weighted by Gasteiger charge is -2.27. The standard InChI is InChI=1S/C26H25F3N2O3/c27-20-9-6-18(7-10-20)26-13-24(34-30-26)16-31(14-19-8-11-21(28)12-25(19)29)15-22(32)17-33-23-4-2-1-3-5-23/h1-12,22,24,32H,13-17H2/t22-,24-/m0/s1. The first-order chi connectivity index (χ1) is 16.5. The Kier molecular flexibility index (Phi) is 7.82. The molecule has 0 amide bonds. The van der Waals surface area contributed by atoms with Gasteiger partial charge in [-0.05, 0) is 35.9 Å². The van der Waals surface area contributed by atoms with Gasteiger partial charge in [0.25, 0.3) is 0 Å². The zero-order valence-corrected chi connectivity index (χ0v) is 18.4. The van der Waals surface area contributed by atoms with Crippen molar-refractivity contribution in [1.29, 1.82) is 0 Å². The third kappa shape index (κ3) is 6.59. The van der Waals surface area contributed by atoms with Crippen LogP contribution in [-0.4, -0.2) is 47.6 Å². The molecule has 0 saturated heterocycles. The van der Waals surface area contributed by atoms with E-state index in [0.717, 1.165) is 11.6 Å². The van der Waals surface area contributed by atoms with Crippen molar-refractivity contribution in [3.63, 3.8) is 0 Å². The van der Waals surface area contributed by atoms with E-state index in [4.69, 9.17) is 9.57 Å². The fourth-order valence-electron chi connectivity index (χ4n) is 3.78. The Labute approximate surface area is 196 Å². The molecular weight excluding hydrogens is 445 g/mol. The van der Waals surface area contributed by atoms with Crippen molar-refractivity contribution in [2.75, 3.05) is 19.7 Å². The zero-order valence-electron chi connectivity index (χ0n) is 18.4. The summed E-state index contributed by atoms with van der Waals surface area (Å²) < 4.78 is 46.5. The minimum Gasteiger partial charge on any atom is -0.491 e. The van der Waals surface area contributed by atoms with Crippen LogP contribution in [0.4, 0.5) is 13.2 Å². The maximum Gasteiger partial charge on any atom is 0.145 e. The molecule has 0 radical (unpaired) electrons. The van der Waals surface area contributed by atoms with Crippen molar-refractivity contribution in [1.82, 2.24) is 4.90 Å². The van der Waals surface area contributed by atoms with Crippen molar-refractivity contribution in [2.45, 2.75) is 25.2 Å². The normalized spacial score (nSPS) is 16.3. The summed E-state index contributed by atoms with van der Waals surface area (Å²) in [6, 6.07) is 18.5. The molecule has 0 unspecified atom stereocenters. The Hall–Kier alpha value is -3.36. The number of rotatable bonds is 10. The van der Waals surface area contributed by atoms with E-state index in [1.54, 1.807) is 24.3 Å². The summed E-state index contributed by atoms with van der Waals surface area (Å²) in [4.78, 5) is 7.39. The van der Waals surface area contributed by atoms with Crippen molar-refractivity contribution < 1.29 is 27.9 Å². The number of oxime groups is 1. The Bertz CT molecular complexity index is 1110. The minimum absolute atomic E-state index is 0.0509. The lowest BCUT2D eigenvalue weighted by atomic mass is 10.0. The summed E-state index contributed by atoms with van der Waals surface area (Å²) in [6.45, 7) is 0.707. The molecule has 3 aromatic rings. The lowest BCUT2D eigenvalue weighted by Crippen LogP contribution is -2.40. The molecule has 5 nitrogen and oxygen atoms in total. The SMILES string of the molecule is O[C@H](COc1ccccc1)CN(Cc1ccc(F)cc1F)C[C@@H]1CC(c2ccc(F)cc2)=NO1. The predicted molar refractivity (Wildman–Crippen MR) is 122 cm³/mol. The molecule has 4 rings (SSSR count). The van der Waals surface area contributed by atoms with Crippen LogP contribution in [0.1, 0.15) is 17.5 Å². The van der Waals surface area contributed by atoms with Crippen molar-refractivity contribution in [3.8, 4) is 5.75 Å². The maximum atomic E-state index is 14.3. The van der Waals surface area contributed by atoms with Gasteiger partial charge in [0.05, 0.1) is 5.71 Å². The first-order valence-electron chi connectivity index (χ1n) is 11.0. The summed E-state index contributed by atoms with van der Waals surface area (Å²) in [5.74, 6) is -1.01. The van der Waals surface area contributed by atoms with Gasteiger partial charge in [-0.1, -0.05) is 41.6 Å². The summed E-state index contributed by atoms with van der Waals surface area (Å²) in [5, 5.41) is 14.7. The number of hydrogen-bond acceptors (Lipinski definition) is 5. The molecular formula is C26H25F3N2O3. The number of aliphatic hydroxyl groups excluding tert-OH is 1. The smallest absolute Gasteiger partial charge is 0.145 e.